The maximum absolute atomic E-state index is 10.8. The minimum absolute atomic E-state index is 0.00586. The van der Waals surface area contributed by atoms with E-state index in [1.807, 2.05) is 0 Å². The van der Waals surface area contributed by atoms with Crippen LogP contribution in [-0.4, -0.2) is 51.4 Å². The van der Waals surface area contributed by atoms with Crippen LogP contribution in [0, 0.1) is 20.2 Å². The first kappa shape index (κ1) is 27.5. The van der Waals surface area contributed by atoms with Crippen LogP contribution in [0.1, 0.15) is 10.4 Å². The minimum Gasteiger partial charge on any atom is -0.493 e. The molecule has 0 fully saturated rings. The SMILES string of the molecule is Nc1cnccn1.O=CC(=O)c1ccc([N+](=O)[O-])cc1.O=[N+]([O-])c1ccc(-c2nc3cnccn3c2O)cc1. The van der Waals surface area contributed by atoms with E-state index in [-0.39, 0.29) is 29.1 Å². The predicted octanol–water partition coefficient (Wildman–Crippen LogP) is 3.05. The molecule has 5 rings (SSSR count). The number of hydrogen-bond acceptors (Lipinski definition) is 12. The van der Waals surface area contributed by atoms with Crippen molar-refractivity contribution in [1.29, 1.82) is 0 Å². The van der Waals surface area contributed by atoms with E-state index in [0.717, 1.165) is 0 Å². The van der Waals surface area contributed by atoms with Crippen LogP contribution in [0.3, 0.4) is 0 Å². The van der Waals surface area contributed by atoms with Crippen molar-refractivity contribution in [2.75, 3.05) is 5.73 Å². The van der Waals surface area contributed by atoms with E-state index in [4.69, 9.17) is 5.73 Å². The lowest BCUT2D eigenvalue weighted by Gasteiger charge is -1.98. The Morgan fingerprint density at radius 3 is 1.95 bits per heavy atom. The van der Waals surface area contributed by atoms with E-state index >= 15 is 0 Å². The van der Waals surface area contributed by atoms with Gasteiger partial charge in [-0.15, -0.1) is 0 Å². The molecule has 0 atom stereocenters. The van der Waals surface area contributed by atoms with E-state index in [9.17, 15) is 34.9 Å². The van der Waals surface area contributed by atoms with Crippen molar-refractivity contribution in [2.45, 2.75) is 0 Å². The summed E-state index contributed by atoms with van der Waals surface area (Å²) in [7, 11) is 0. The fourth-order valence-corrected chi connectivity index (χ4v) is 2.95. The van der Waals surface area contributed by atoms with Crippen LogP contribution in [0.2, 0.25) is 0 Å². The monoisotopic (exact) mass is 530 g/mol. The molecule has 0 bridgehead atoms. The van der Waals surface area contributed by atoms with Crippen LogP contribution in [0.5, 0.6) is 5.88 Å². The molecular weight excluding hydrogens is 512 g/mol. The number of imidazole rings is 1. The number of aldehydes is 1. The minimum atomic E-state index is -0.685. The van der Waals surface area contributed by atoms with Crippen molar-refractivity contribution in [1.82, 2.24) is 24.3 Å². The van der Waals surface area contributed by atoms with Crippen LogP contribution in [0.15, 0.2) is 85.7 Å². The molecule has 0 amide bonds. The number of nitro groups is 2. The number of carbonyl (C=O) groups is 2. The Bertz CT molecular complexity index is 1610. The summed E-state index contributed by atoms with van der Waals surface area (Å²) in [5, 5.41) is 30.8. The van der Waals surface area contributed by atoms with E-state index in [1.165, 1.54) is 59.4 Å². The average Bonchev–Trinajstić information content (AvgIpc) is 3.30. The molecule has 15 nitrogen and oxygen atoms in total. The first-order chi connectivity index (χ1) is 18.7. The molecule has 196 valence electrons. The van der Waals surface area contributed by atoms with Crippen molar-refractivity contribution in [3.05, 3.63) is 112 Å². The number of nitro benzene ring substituents is 2. The summed E-state index contributed by atoms with van der Waals surface area (Å²) in [4.78, 5) is 56.1. The highest BCUT2D eigenvalue weighted by atomic mass is 16.6. The zero-order chi connectivity index (χ0) is 28.4. The van der Waals surface area contributed by atoms with Gasteiger partial charge in [0.1, 0.15) is 11.5 Å². The van der Waals surface area contributed by atoms with Gasteiger partial charge in [-0.2, -0.15) is 0 Å². The summed E-state index contributed by atoms with van der Waals surface area (Å²) in [6.07, 6.45) is 9.45. The number of nitrogens with zero attached hydrogens (tertiary/aromatic N) is 7. The van der Waals surface area contributed by atoms with Gasteiger partial charge in [-0.3, -0.25) is 44.2 Å². The number of anilines is 1. The van der Waals surface area contributed by atoms with Gasteiger partial charge < -0.3 is 10.8 Å². The number of nitrogens with two attached hydrogens (primary N) is 1. The molecule has 3 aromatic heterocycles. The quantitative estimate of drug-likeness (QED) is 0.110. The van der Waals surface area contributed by atoms with Gasteiger partial charge in [0.25, 0.3) is 11.4 Å². The van der Waals surface area contributed by atoms with Crippen molar-refractivity contribution in [3.8, 4) is 17.1 Å². The second kappa shape index (κ2) is 12.7. The fourth-order valence-electron chi connectivity index (χ4n) is 2.95. The van der Waals surface area contributed by atoms with Gasteiger partial charge in [-0.25, -0.2) is 9.97 Å². The van der Waals surface area contributed by atoms with Gasteiger partial charge in [0.05, 0.1) is 22.2 Å². The van der Waals surface area contributed by atoms with Crippen molar-refractivity contribution in [3.63, 3.8) is 0 Å². The average molecular weight is 530 g/mol. The van der Waals surface area contributed by atoms with E-state index in [0.29, 0.717) is 22.7 Å². The Morgan fingerprint density at radius 1 is 0.897 bits per heavy atom. The standard InChI is InChI=1S/C12H8N4O3.C8H5NO4.C4H5N3/c17-12-11(14-10-7-13-5-6-15(10)12)8-1-3-9(4-2-8)16(18)19;10-5-8(11)6-1-3-7(4-2-6)9(12)13;5-4-3-6-1-2-7-4/h1-7,17H;1-5H;1-3H,(H2,5,7). The molecule has 0 radical (unpaired) electrons. The lowest BCUT2D eigenvalue weighted by Crippen LogP contribution is -1.99. The fraction of sp³-hybridized carbons (Fsp3) is 0. The maximum atomic E-state index is 10.8. The highest BCUT2D eigenvalue weighted by Crippen LogP contribution is 2.30. The number of fused-ring (bicyclic) bond motifs is 1. The smallest absolute Gasteiger partial charge is 0.269 e. The number of nitrogen functional groups attached to an aromatic ring is 1. The number of non-ortho nitro benzene ring substituents is 2. The molecule has 0 unspecified atom stereocenters. The van der Waals surface area contributed by atoms with Gasteiger partial charge in [-0.05, 0) is 24.3 Å². The van der Waals surface area contributed by atoms with Crippen LogP contribution in [0.25, 0.3) is 16.9 Å². The number of hydrogen-bond donors (Lipinski definition) is 2. The topological polar surface area (TPSA) is 223 Å². The van der Waals surface area contributed by atoms with E-state index < -0.39 is 15.6 Å². The first-order valence-corrected chi connectivity index (χ1v) is 10.7. The lowest BCUT2D eigenvalue weighted by atomic mass is 10.1. The summed E-state index contributed by atoms with van der Waals surface area (Å²) in [5.41, 5.74) is 6.70. The predicted molar refractivity (Wildman–Crippen MR) is 137 cm³/mol. The first-order valence-electron chi connectivity index (χ1n) is 10.7. The summed E-state index contributed by atoms with van der Waals surface area (Å²) in [6.45, 7) is 0. The van der Waals surface area contributed by atoms with Crippen LogP contribution >= 0.6 is 0 Å². The second-order valence-corrected chi connectivity index (χ2v) is 7.31. The molecule has 39 heavy (non-hydrogen) atoms. The number of rotatable bonds is 5. The Balaban J connectivity index is 0.000000181. The third kappa shape index (κ3) is 7.20. The summed E-state index contributed by atoms with van der Waals surface area (Å²) in [6, 6.07) is 10.7. The van der Waals surface area contributed by atoms with E-state index in [1.54, 1.807) is 30.7 Å². The molecule has 0 aliphatic carbocycles. The summed E-state index contributed by atoms with van der Waals surface area (Å²) >= 11 is 0. The number of ketones is 1. The summed E-state index contributed by atoms with van der Waals surface area (Å²) in [5.74, 6) is -0.247. The molecule has 0 aliphatic rings. The Labute approximate surface area is 218 Å². The van der Waals surface area contributed by atoms with E-state index in [2.05, 4.69) is 19.9 Å². The van der Waals surface area contributed by atoms with Gasteiger partial charge in [-0.1, -0.05) is 0 Å². The molecule has 0 saturated carbocycles. The number of Topliss-reactive ketones (excluding diaryl/α,β-unsaturated/α-hetero) is 1. The normalized spacial score (nSPS) is 9.85. The van der Waals surface area contributed by atoms with Crippen molar-refractivity contribution in [2.24, 2.45) is 0 Å². The van der Waals surface area contributed by atoms with Crippen LogP contribution in [-0.2, 0) is 4.79 Å². The largest absolute Gasteiger partial charge is 0.493 e. The molecule has 3 heterocycles. The third-order valence-electron chi connectivity index (χ3n) is 4.81. The molecule has 0 saturated heterocycles. The number of carbonyl (C=O) groups excluding carboxylic acids is 2. The second-order valence-electron chi connectivity index (χ2n) is 7.31. The van der Waals surface area contributed by atoms with Crippen LogP contribution < -0.4 is 5.73 Å². The number of benzene rings is 2. The number of aromatic hydroxyl groups is 1. The van der Waals surface area contributed by atoms with Crippen LogP contribution in [0.4, 0.5) is 17.2 Å². The summed E-state index contributed by atoms with van der Waals surface area (Å²) < 4.78 is 1.49. The molecule has 0 aliphatic heterocycles. The molecule has 15 heteroatoms. The Hall–Kier alpha value is -6.12. The highest BCUT2D eigenvalue weighted by Gasteiger charge is 2.14. The molecular formula is C24H18N8O7. The highest BCUT2D eigenvalue weighted by molar-refractivity contribution is 6.33. The lowest BCUT2D eigenvalue weighted by molar-refractivity contribution is -0.385. The molecule has 2 aromatic carbocycles. The maximum Gasteiger partial charge on any atom is 0.269 e. The molecule has 5 aromatic rings. The molecule has 0 spiro atoms. The number of aromatic nitrogens is 5. The van der Waals surface area contributed by atoms with Crippen molar-refractivity contribution < 1.29 is 24.5 Å². The zero-order valence-corrected chi connectivity index (χ0v) is 19.8. The Morgan fingerprint density at radius 2 is 1.49 bits per heavy atom. The third-order valence-corrected chi connectivity index (χ3v) is 4.81. The van der Waals surface area contributed by atoms with Gasteiger partial charge in [0, 0.05) is 60.2 Å². The molecule has 3 N–H and O–H groups in total. The zero-order valence-electron chi connectivity index (χ0n) is 19.8. The van der Waals surface area contributed by atoms with Crippen molar-refractivity contribution >= 4 is 34.9 Å². The Kier molecular flexibility index (Phi) is 8.96. The van der Waals surface area contributed by atoms with Gasteiger partial charge in [0.15, 0.2) is 11.9 Å². The van der Waals surface area contributed by atoms with Gasteiger partial charge >= 0.3 is 0 Å². The van der Waals surface area contributed by atoms with Gasteiger partial charge in [0.2, 0.25) is 11.7 Å².